The Labute approximate surface area is 254 Å². The molecule has 0 aliphatic carbocycles. The molecule has 4 aromatic rings. The highest BCUT2D eigenvalue weighted by Crippen LogP contribution is 2.39. The molecule has 2 aromatic heterocycles. The first-order valence-electron chi connectivity index (χ1n) is 13.3. The van der Waals surface area contributed by atoms with Crippen LogP contribution in [0.1, 0.15) is 16.8 Å². The SMILES string of the molecule is COc1cccc(C(=O)Nc2cc(-c3csc(-c4sc(NC(=O)NCCCN5CCOCC5)nc4N)n3)c(F)cc2F)c1. The van der Waals surface area contributed by atoms with Crippen LogP contribution in [0.15, 0.2) is 41.8 Å². The third-order valence-electron chi connectivity index (χ3n) is 6.53. The summed E-state index contributed by atoms with van der Waals surface area (Å²) in [6, 6.07) is 7.83. The number of benzene rings is 2. The van der Waals surface area contributed by atoms with E-state index in [4.69, 9.17) is 15.2 Å². The Balaban J connectivity index is 1.23. The van der Waals surface area contributed by atoms with Gasteiger partial charge >= 0.3 is 6.03 Å². The average molecular weight is 630 g/mol. The average Bonchev–Trinajstić information content (AvgIpc) is 3.63. The fourth-order valence-electron chi connectivity index (χ4n) is 4.31. The van der Waals surface area contributed by atoms with Crippen LogP contribution < -0.4 is 26.4 Å². The molecule has 0 spiro atoms. The summed E-state index contributed by atoms with van der Waals surface area (Å²) in [5.74, 6) is -1.76. The van der Waals surface area contributed by atoms with Crippen molar-refractivity contribution in [3.8, 4) is 26.9 Å². The molecule has 0 saturated carbocycles. The van der Waals surface area contributed by atoms with Crippen molar-refractivity contribution in [2.45, 2.75) is 6.42 Å². The van der Waals surface area contributed by atoms with E-state index in [-0.39, 0.29) is 33.5 Å². The minimum absolute atomic E-state index is 0.0114. The molecular formula is C28H29F2N7O4S2. The van der Waals surface area contributed by atoms with E-state index < -0.39 is 23.6 Å². The van der Waals surface area contributed by atoms with Gasteiger partial charge in [-0.3, -0.25) is 15.0 Å². The monoisotopic (exact) mass is 629 g/mol. The molecule has 1 fully saturated rings. The molecule has 0 radical (unpaired) electrons. The highest BCUT2D eigenvalue weighted by Gasteiger charge is 2.20. The predicted octanol–water partition coefficient (Wildman–Crippen LogP) is 4.90. The number of nitrogens with one attached hydrogen (secondary N) is 3. The van der Waals surface area contributed by atoms with Gasteiger partial charge in [-0.25, -0.2) is 23.5 Å². The number of nitrogens with two attached hydrogens (primary N) is 1. The molecule has 0 bridgehead atoms. The number of anilines is 3. The molecule has 15 heteroatoms. The number of carbonyl (C=O) groups is 2. The maximum Gasteiger partial charge on any atom is 0.321 e. The highest BCUT2D eigenvalue weighted by atomic mass is 32.1. The number of rotatable bonds is 10. The van der Waals surface area contributed by atoms with E-state index in [1.807, 2.05) is 0 Å². The maximum atomic E-state index is 14.8. The molecule has 1 aliphatic rings. The van der Waals surface area contributed by atoms with Gasteiger partial charge in [0.05, 0.1) is 31.7 Å². The predicted molar refractivity (Wildman–Crippen MR) is 163 cm³/mol. The summed E-state index contributed by atoms with van der Waals surface area (Å²) in [4.78, 5) is 36.5. The molecule has 0 atom stereocenters. The third kappa shape index (κ3) is 7.62. The normalized spacial score (nSPS) is 13.5. The number of nitrogen functional groups attached to an aromatic ring is 1. The maximum absolute atomic E-state index is 14.8. The number of methoxy groups -OCH3 is 1. The van der Waals surface area contributed by atoms with E-state index in [9.17, 15) is 18.4 Å². The molecule has 2 aromatic carbocycles. The zero-order valence-corrected chi connectivity index (χ0v) is 24.7. The fraction of sp³-hybridized carbons (Fsp3) is 0.286. The zero-order valence-electron chi connectivity index (χ0n) is 23.1. The van der Waals surface area contributed by atoms with Crippen LogP contribution in [0.4, 0.5) is 30.2 Å². The van der Waals surface area contributed by atoms with Gasteiger partial charge in [0.1, 0.15) is 33.1 Å². The van der Waals surface area contributed by atoms with Gasteiger partial charge in [0.25, 0.3) is 5.91 Å². The van der Waals surface area contributed by atoms with Crippen LogP contribution >= 0.6 is 22.7 Å². The quantitative estimate of drug-likeness (QED) is 0.182. The molecule has 11 nitrogen and oxygen atoms in total. The number of hydrogen-bond acceptors (Lipinski definition) is 10. The Morgan fingerprint density at radius 2 is 1.93 bits per heavy atom. The smallest absolute Gasteiger partial charge is 0.321 e. The molecule has 1 saturated heterocycles. The second-order valence-electron chi connectivity index (χ2n) is 9.46. The molecule has 5 N–H and O–H groups in total. The van der Waals surface area contributed by atoms with Gasteiger partial charge in [-0.1, -0.05) is 17.4 Å². The standard InChI is InChI=1S/C28H29F2N7O4S2/c1-40-17-5-2-4-16(12-17)25(38)33-21-13-18(19(29)14-20(21)30)22-15-42-26(34-22)23-24(31)35-28(43-23)36-27(39)32-6-3-7-37-8-10-41-11-9-37/h2,4-5,12-15H,3,6-11,31H2,1H3,(H,33,38)(H2,32,35,36,39). The summed E-state index contributed by atoms with van der Waals surface area (Å²) in [5.41, 5.74) is 6.34. The van der Waals surface area contributed by atoms with Gasteiger partial charge in [0.15, 0.2) is 5.13 Å². The van der Waals surface area contributed by atoms with Gasteiger partial charge in [0.2, 0.25) is 0 Å². The van der Waals surface area contributed by atoms with Crippen molar-refractivity contribution in [1.29, 1.82) is 0 Å². The molecule has 43 heavy (non-hydrogen) atoms. The van der Waals surface area contributed by atoms with Crippen LogP contribution in [0.3, 0.4) is 0 Å². The summed E-state index contributed by atoms with van der Waals surface area (Å²) >= 11 is 2.31. The Morgan fingerprint density at radius 1 is 1.12 bits per heavy atom. The van der Waals surface area contributed by atoms with Crippen LogP contribution in [0.25, 0.3) is 21.1 Å². The lowest BCUT2D eigenvalue weighted by Crippen LogP contribution is -2.38. The van der Waals surface area contributed by atoms with Crippen LogP contribution in [0, 0.1) is 11.6 Å². The topological polar surface area (TPSA) is 144 Å². The first-order valence-corrected chi connectivity index (χ1v) is 15.0. The fourth-order valence-corrected chi connectivity index (χ4v) is 6.11. The van der Waals surface area contributed by atoms with Crippen molar-refractivity contribution >= 4 is 51.2 Å². The number of ether oxygens (including phenoxy) is 2. The van der Waals surface area contributed by atoms with Crippen LogP contribution in [0.5, 0.6) is 5.75 Å². The summed E-state index contributed by atoms with van der Waals surface area (Å²) in [6.07, 6.45) is 0.799. The van der Waals surface area contributed by atoms with Crippen molar-refractivity contribution in [3.63, 3.8) is 0 Å². The van der Waals surface area contributed by atoms with Gasteiger partial charge in [0, 0.05) is 42.2 Å². The molecule has 3 heterocycles. The molecule has 1 aliphatic heterocycles. The first-order chi connectivity index (χ1) is 20.8. The molecular weight excluding hydrogens is 600 g/mol. The first kappa shape index (κ1) is 30.3. The number of urea groups is 1. The number of amides is 3. The minimum Gasteiger partial charge on any atom is -0.497 e. The van der Waals surface area contributed by atoms with Crippen molar-refractivity contribution in [1.82, 2.24) is 20.2 Å². The number of aromatic nitrogens is 2. The second kappa shape index (κ2) is 13.9. The van der Waals surface area contributed by atoms with E-state index >= 15 is 0 Å². The molecule has 3 amide bonds. The van der Waals surface area contributed by atoms with Crippen LogP contribution in [-0.4, -0.2) is 73.3 Å². The number of morpholine rings is 1. The summed E-state index contributed by atoms with van der Waals surface area (Å²) in [5, 5.41) is 10.3. The van der Waals surface area contributed by atoms with Crippen molar-refractivity contribution in [2.24, 2.45) is 0 Å². The third-order valence-corrected chi connectivity index (χ3v) is 8.51. The number of halogens is 2. The second-order valence-corrected chi connectivity index (χ2v) is 11.3. The molecule has 226 valence electrons. The van der Waals surface area contributed by atoms with E-state index in [1.165, 1.54) is 30.6 Å². The lowest BCUT2D eigenvalue weighted by atomic mass is 10.1. The lowest BCUT2D eigenvalue weighted by molar-refractivity contribution is 0.0375. The van der Waals surface area contributed by atoms with Crippen molar-refractivity contribution in [2.75, 3.05) is 62.9 Å². The Hall–Kier alpha value is -4.18. The summed E-state index contributed by atoms with van der Waals surface area (Å²) < 4.78 is 39.9. The minimum atomic E-state index is -0.935. The van der Waals surface area contributed by atoms with E-state index in [0.29, 0.717) is 28.2 Å². The Bertz CT molecular complexity index is 1610. The number of thiazole rings is 2. The molecule has 0 unspecified atom stereocenters. The number of carbonyl (C=O) groups excluding carboxylic acids is 2. The largest absolute Gasteiger partial charge is 0.497 e. The number of hydrogen-bond donors (Lipinski definition) is 4. The summed E-state index contributed by atoms with van der Waals surface area (Å²) in [6.45, 7) is 4.60. The Kier molecular flexibility index (Phi) is 9.76. The van der Waals surface area contributed by atoms with Gasteiger partial charge in [-0.05, 0) is 37.2 Å². The van der Waals surface area contributed by atoms with Gasteiger partial charge in [-0.2, -0.15) is 0 Å². The van der Waals surface area contributed by atoms with Gasteiger partial charge < -0.3 is 25.8 Å². The van der Waals surface area contributed by atoms with Gasteiger partial charge in [-0.15, -0.1) is 11.3 Å². The number of nitrogens with zero attached hydrogens (tertiary/aromatic N) is 3. The summed E-state index contributed by atoms with van der Waals surface area (Å²) in [7, 11) is 1.47. The van der Waals surface area contributed by atoms with Crippen LogP contribution in [0.2, 0.25) is 0 Å². The van der Waals surface area contributed by atoms with Crippen molar-refractivity contribution in [3.05, 3.63) is 59.0 Å². The van der Waals surface area contributed by atoms with Crippen LogP contribution in [-0.2, 0) is 4.74 Å². The Morgan fingerprint density at radius 3 is 2.72 bits per heavy atom. The van der Waals surface area contributed by atoms with E-state index in [1.54, 1.807) is 23.6 Å². The van der Waals surface area contributed by atoms with E-state index in [0.717, 1.165) is 50.6 Å². The van der Waals surface area contributed by atoms with Crippen molar-refractivity contribution < 1.29 is 27.8 Å². The molecule has 5 rings (SSSR count). The zero-order chi connectivity index (χ0) is 30.3. The lowest BCUT2D eigenvalue weighted by Gasteiger charge is -2.26. The van der Waals surface area contributed by atoms with E-state index in [2.05, 4.69) is 30.8 Å². The highest BCUT2D eigenvalue weighted by molar-refractivity contribution is 7.23.